The van der Waals surface area contributed by atoms with E-state index in [2.05, 4.69) is 29.6 Å². The Hall–Kier alpha value is -1.51. The van der Waals surface area contributed by atoms with Crippen LogP contribution in [-0.4, -0.2) is 6.54 Å². The number of fused-ring (bicyclic) bond motifs is 2. The van der Waals surface area contributed by atoms with Gasteiger partial charge in [-0.1, -0.05) is 55.1 Å². The van der Waals surface area contributed by atoms with Crippen LogP contribution >= 0.6 is 11.6 Å². The van der Waals surface area contributed by atoms with E-state index < -0.39 is 0 Å². The Labute approximate surface area is 174 Å². The van der Waals surface area contributed by atoms with Crippen molar-refractivity contribution >= 4 is 11.6 Å². The summed E-state index contributed by atoms with van der Waals surface area (Å²) in [6.45, 7) is 2.65. The molecule has 28 heavy (non-hydrogen) atoms. The maximum atomic E-state index is 5.92. The second-order valence-corrected chi connectivity index (χ2v) is 9.20. The number of nitrogens with one attached hydrogen (secondary N) is 1. The zero-order valence-electron chi connectivity index (χ0n) is 16.7. The van der Waals surface area contributed by atoms with E-state index >= 15 is 0 Å². The molecule has 150 valence electrons. The fourth-order valence-electron chi connectivity index (χ4n) is 5.09. The summed E-state index contributed by atoms with van der Waals surface area (Å²) >= 11 is 5.92. The topological polar surface area (TPSA) is 21.3 Å². The van der Waals surface area contributed by atoms with Gasteiger partial charge in [0.15, 0.2) is 0 Å². The van der Waals surface area contributed by atoms with Gasteiger partial charge in [0.05, 0.1) is 0 Å². The van der Waals surface area contributed by atoms with Gasteiger partial charge in [0, 0.05) is 11.6 Å². The first kappa shape index (κ1) is 19.8. The number of halogens is 1. The molecule has 2 aromatic rings. The fraction of sp³-hybridized carbons (Fsp3) is 0.520. The molecule has 0 saturated heterocycles. The maximum Gasteiger partial charge on any atom is 0.119 e. The maximum absolute atomic E-state index is 5.92. The Morgan fingerprint density at radius 3 is 2.25 bits per heavy atom. The zero-order chi connectivity index (χ0) is 19.2. The molecule has 0 aromatic heterocycles. The van der Waals surface area contributed by atoms with Crippen LogP contribution in [0.1, 0.15) is 56.1 Å². The van der Waals surface area contributed by atoms with Crippen molar-refractivity contribution in [3.8, 4) is 5.75 Å². The van der Waals surface area contributed by atoms with E-state index in [1.807, 2.05) is 24.3 Å². The van der Waals surface area contributed by atoms with Gasteiger partial charge in [-0.3, -0.25) is 0 Å². The molecule has 2 aliphatic carbocycles. The average Bonchev–Trinajstić information content (AvgIpc) is 2.71. The molecule has 0 heterocycles. The van der Waals surface area contributed by atoms with Gasteiger partial charge < -0.3 is 10.1 Å². The molecule has 2 unspecified atom stereocenters. The van der Waals surface area contributed by atoms with Crippen LogP contribution in [-0.2, 0) is 13.2 Å². The summed E-state index contributed by atoms with van der Waals surface area (Å²) in [5.74, 6) is 3.95. The standard InChI is InChI=1S/C25H32ClNO/c26-24-8-4-20(5-9-24)18-28-25-10-6-19(7-11-25)17-27-13-12-23-15-21-2-1-3-22(14-21)16-23/h4-11,21-23,27H,1-3,12-18H2. The Morgan fingerprint density at radius 1 is 0.857 bits per heavy atom. The molecule has 2 bridgehead atoms. The number of hydrogen-bond donors (Lipinski definition) is 1. The molecule has 0 aliphatic heterocycles. The number of ether oxygens (including phenoxy) is 1. The van der Waals surface area contributed by atoms with Crippen LogP contribution in [0.25, 0.3) is 0 Å². The van der Waals surface area contributed by atoms with E-state index in [0.29, 0.717) is 6.61 Å². The first-order valence-electron chi connectivity index (χ1n) is 10.9. The van der Waals surface area contributed by atoms with Crippen molar-refractivity contribution < 1.29 is 4.74 Å². The highest BCUT2D eigenvalue weighted by Gasteiger charge is 2.31. The predicted octanol–water partition coefficient (Wildman–Crippen LogP) is 6.62. The Morgan fingerprint density at radius 2 is 1.54 bits per heavy atom. The minimum Gasteiger partial charge on any atom is -0.489 e. The molecule has 2 atom stereocenters. The summed E-state index contributed by atoms with van der Waals surface area (Å²) < 4.78 is 5.86. The minimum atomic E-state index is 0.568. The summed E-state index contributed by atoms with van der Waals surface area (Å²) in [5, 5.41) is 4.40. The molecule has 0 amide bonds. The van der Waals surface area contributed by atoms with Crippen LogP contribution in [0.5, 0.6) is 5.75 Å². The number of rotatable bonds is 8. The van der Waals surface area contributed by atoms with Crippen LogP contribution in [0.3, 0.4) is 0 Å². The van der Waals surface area contributed by atoms with Gasteiger partial charge in [0.25, 0.3) is 0 Å². The van der Waals surface area contributed by atoms with Crippen molar-refractivity contribution in [3.63, 3.8) is 0 Å². The van der Waals surface area contributed by atoms with Gasteiger partial charge >= 0.3 is 0 Å². The van der Waals surface area contributed by atoms with Crippen LogP contribution in [0.4, 0.5) is 0 Å². The van der Waals surface area contributed by atoms with Crippen molar-refractivity contribution in [2.24, 2.45) is 17.8 Å². The summed E-state index contributed by atoms with van der Waals surface area (Å²) in [6.07, 6.45) is 10.3. The van der Waals surface area contributed by atoms with Gasteiger partial charge in [0.1, 0.15) is 12.4 Å². The van der Waals surface area contributed by atoms with E-state index in [0.717, 1.165) is 47.2 Å². The van der Waals surface area contributed by atoms with Crippen molar-refractivity contribution in [3.05, 3.63) is 64.7 Å². The van der Waals surface area contributed by atoms with Gasteiger partial charge in [0.2, 0.25) is 0 Å². The molecule has 0 spiro atoms. The molecule has 2 saturated carbocycles. The summed E-state index contributed by atoms with van der Waals surface area (Å²) in [6, 6.07) is 16.2. The smallest absolute Gasteiger partial charge is 0.119 e. The van der Waals surface area contributed by atoms with E-state index in [-0.39, 0.29) is 0 Å². The van der Waals surface area contributed by atoms with Crippen LogP contribution < -0.4 is 10.1 Å². The lowest BCUT2D eigenvalue weighted by Gasteiger charge is -2.39. The molecule has 2 aliphatic rings. The van der Waals surface area contributed by atoms with Crippen LogP contribution in [0, 0.1) is 17.8 Å². The Kier molecular flexibility index (Phi) is 6.93. The summed E-state index contributed by atoms with van der Waals surface area (Å²) in [5.41, 5.74) is 2.45. The summed E-state index contributed by atoms with van der Waals surface area (Å²) in [4.78, 5) is 0. The monoisotopic (exact) mass is 397 g/mol. The third-order valence-corrected chi connectivity index (χ3v) is 6.78. The van der Waals surface area contributed by atoms with Gasteiger partial charge in [-0.15, -0.1) is 0 Å². The molecule has 2 nitrogen and oxygen atoms in total. The molecule has 4 rings (SSSR count). The van der Waals surface area contributed by atoms with Crippen molar-refractivity contribution in [1.82, 2.24) is 5.32 Å². The molecular weight excluding hydrogens is 366 g/mol. The van der Waals surface area contributed by atoms with E-state index in [1.165, 1.54) is 50.5 Å². The molecule has 3 heteroatoms. The highest BCUT2D eigenvalue weighted by atomic mass is 35.5. The lowest BCUT2D eigenvalue weighted by atomic mass is 9.67. The average molecular weight is 398 g/mol. The van der Waals surface area contributed by atoms with E-state index in [9.17, 15) is 0 Å². The van der Waals surface area contributed by atoms with Gasteiger partial charge in [-0.2, -0.15) is 0 Å². The summed E-state index contributed by atoms with van der Waals surface area (Å²) in [7, 11) is 0. The zero-order valence-corrected chi connectivity index (χ0v) is 17.5. The van der Waals surface area contributed by atoms with Crippen LogP contribution in [0.2, 0.25) is 5.02 Å². The fourth-order valence-corrected chi connectivity index (χ4v) is 5.22. The van der Waals surface area contributed by atoms with Crippen molar-refractivity contribution in [2.75, 3.05) is 6.54 Å². The SMILES string of the molecule is Clc1ccc(COc2ccc(CNCCC3CC4CCCC(C4)C3)cc2)cc1. The first-order valence-corrected chi connectivity index (χ1v) is 11.3. The largest absolute Gasteiger partial charge is 0.489 e. The Balaban J connectivity index is 1.15. The predicted molar refractivity (Wildman–Crippen MR) is 117 cm³/mol. The van der Waals surface area contributed by atoms with Crippen LogP contribution in [0.15, 0.2) is 48.5 Å². The first-order chi connectivity index (χ1) is 13.7. The molecular formula is C25H32ClNO. The molecule has 0 radical (unpaired) electrons. The van der Waals surface area contributed by atoms with Crippen molar-refractivity contribution in [2.45, 2.75) is 58.1 Å². The van der Waals surface area contributed by atoms with E-state index in [4.69, 9.17) is 16.3 Å². The van der Waals surface area contributed by atoms with Crippen molar-refractivity contribution in [1.29, 1.82) is 0 Å². The van der Waals surface area contributed by atoms with E-state index in [1.54, 1.807) is 0 Å². The lowest BCUT2D eigenvalue weighted by Crippen LogP contribution is -2.28. The third-order valence-electron chi connectivity index (χ3n) is 6.53. The number of hydrogen-bond acceptors (Lipinski definition) is 2. The highest BCUT2D eigenvalue weighted by Crippen LogP contribution is 2.43. The van der Waals surface area contributed by atoms with Gasteiger partial charge in [-0.25, -0.2) is 0 Å². The Bertz CT molecular complexity index is 715. The quantitative estimate of drug-likeness (QED) is 0.505. The third kappa shape index (κ3) is 5.75. The van der Waals surface area contributed by atoms with Gasteiger partial charge in [-0.05, 0) is 85.4 Å². The lowest BCUT2D eigenvalue weighted by molar-refractivity contribution is 0.132. The second-order valence-electron chi connectivity index (χ2n) is 8.76. The minimum absolute atomic E-state index is 0.568. The normalized spacial score (nSPS) is 24.1. The highest BCUT2D eigenvalue weighted by molar-refractivity contribution is 6.30. The molecule has 2 fully saturated rings. The molecule has 2 aromatic carbocycles. The number of benzene rings is 2. The second kappa shape index (κ2) is 9.80. The molecule has 1 N–H and O–H groups in total.